The number of nitrogens with one attached hydrogen (secondary N) is 1. The quantitative estimate of drug-likeness (QED) is 0.716. The summed E-state index contributed by atoms with van der Waals surface area (Å²) in [5.74, 6) is 0.171. The Bertz CT molecular complexity index is 345. The highest BCUT2D eigenvalue weighted by Gasteiger charge is 2.04. The fraction of sp³-hybridized carbons (Fsp3) is 0.455. The molecule has 1 rings (SSSR count). The first-order valence-corrected chi connectivity index (χ1v) is 6.55. The van der Waals surface area contributed by atoms with Crippen molar-refractivity contribution in [2.75, 3.05) is 23.9 Å². The van der Waals surface area contributed by atoms with Gasteiger partial charge in [0, 0.05) is 18.4 Å². The van der Waals surface area contributed by atoms with E-state index in [0.29, 0.717) is 0 Å². The number of carbonyl (C=O) groups is 1. The van der Waals surface area contributed by atoms with Crippen LogP contribution in [0.5, 0.6) is 0 Å². The number of nitrogens with zero attached hydrogens (tertiary/aromatic N) is 1. The SMILES string of the molecule is CSCCCCNc1ccnc(C(=O)O)c1. The van der Waals surface area contributed by atoms with Crippen LogP contribution >= 0.6 is 11.8 Å². The lowest BCUT2D eigenvalue weighted by atomic mass is 10.3. The molecule has 0 amide bonds. The van der Waals surface area contributed by atoms with Crippen molar-refractivity contribution in [3.8, 4) is 0 Å². The number of carboxylic acid groups (broad SMARTS) is 1. The lowest BCUT2D eigenvalue weighted by Gasteiger charge is -2.06. The smallest absolute Gasteiger partial charge is 0.354 e. The summed E-state index contributed by atoms with van der Waals surface area (Å²) >= 11 is 1.84. The van der Waals surface area contributed by atoms with Crippen LogP contribution in [0.25, 0.3) is 0 Å². The summed E-state index contributed by atoms with van der Waals surface area (Å²) in [6.45, 7) is 0.865. The Hall–Kier alpha value is -1.23. The van der Waals surface area contributed by atoms with E-state index in [0.717, 1.165) is 18.7 Å². The molecule has 0 atom stereocenters. The van der Waals surface area contributed by atoms with Gasteiger partial charge in [0.15, 0.2) is 0 Å². The van der Waals surface area contributed by atoms with E-state index in [1.807, 2.05) is 11.8 Å². The van der Waals surface area contributed by atoms with Gasteiger partial charge in [0.25, 0.3) is 0 Å². The molecule has 0 saturated carbocycles. The van der Waals surface area contributed by atoms with Crippen molar-refractivity contribution in [2.24, 2.45) is 0 Å². The van der Waals surface area contributed by atoms with Crippen LogP contribution in [0.15, 0.2) is 18.3 Å². The maximum absolute atomic E-state index is 10.7. The van der Waals surface area contributed by atoms with Crippen molar-refractivity contribution in [2.45, 2.75) is 12.8 Å². The van der Waals surface area contributed by atoms with E-state index < -0.39 is 5.97 Å². The zero-order valence-electron chi connectivity index (χ0n) is 9.27. The molecule has 0 aliphatic rings. The van der Waals surface area contributed by atoms with Gasteiger partial charge < -0.3 is 10.4 Å². The minimum absolute atomic E-state index is 0.0779. The van der Waals surface area contributed by atoms with Crippen molar-refractivity contribution in [1.29, 1.82) is 0 Å². The normalized spacial score (nSPS) is 10.1. The van der Waals surface area contributed by atoms with Crippen LogP contribution in [0.2, 0.25) is 0 Å². The van der Waals surface area contributed by atoms with Gasteiger partial charge in [-0.15, -0.1) is 0 Å². The van der Waals surface area contributed by atoms with Crippen LogP contribution in [-0.4, -0.2) is 34.6 Å². The maximum atomic E-state index is 10.7. The van der Waals surface area contributed by atoms with Gasteiger partial charge in [0.1, 0.15) is 5.69 Å². The third-order valence-corrected chi connectivity index (χ3v) is 2.78. The lowest BCUT2D eigenvalue weighted by Crippen LogP contribution is -2.05. The molecule has 4 nitrogen and oxygen atoms in total. The Morgan fingerprint density at radius 2 is 2.38 bits per heavy atom. The maximum Gasteiger partial charge on any atom is 0.354 e. The van der Waals surface area contributed by atoms with Gasteiger partial charge in [-0.05, 0) is 37.0 Å². The molecule has 0 radical (unpaired) electrons. The number of aromatic nitrogens is 1. The van der Waals surface area contributed by atoms with Crippen LogP contribution in [-0.2, 0) is 0 Å². The van der Waals surface area contributed by atoms with Crippen LogP contribution in [0.1, 0.15) is 23.3 Å². The molecular formula is C11H16N2O2S. The topological polar surface area (TPSA) is 62.2 Å². The van der Waals surface area contributed by atoms with Gasteiger partial charge in [0.05, 0.1) is 0 Å². The first kappa shape index (κ1) is 12.8. The molecule has 0 aliphatic heterocycles. The summed E-state index contributed by atoms with van der Waals surface area (Å²) in [6.07, 6.45) is 5.86. The summed E-state index contributed by atoms with van der Waals surface area (Å²) in [5, 5.41) is 11.9. The second kappa shape index (κ2) is 7.11. The standard InChI is InChI=1S/C11H16N2O2S/c1-16-7-3-2-5-12-9-4-6-13-10(8-9)11(14)15/h4,6,8H,2-3,5,7H2,1H3,(H,12,13)(H,14,15). The van der Waals surface area contributed by atoms with Gasteiger partial charge in [0.2, 0.25) is 0 Å². The Morgan fingerprint density at radius 3 is 3.06 bits per heavy atom. The molecule has 88 valence electrons. The minimum atomic E-state index is -0.994. The molecule has 1 aromatic heterocycles. The monoisotopic (exact) mass is 240 g/mol. The van der Waals surface area contributed by atoms with Crippen molar-refractivity contribution in [1.82, 2.24) is 4.98 Å². The fourth-order valence-corrected chi connectivity index (χ4v) is 1.75. The molecule has 2 N–H and O–H groups in total. The van der Waals surface area contributed by atoms with Crippen LogP contribution < -0.4 is 5.32 Å². The highest BCUT2D eigenvalue weighted by molar-refractivity contribution is 7.98. The van der Waals surface area contributed by atoms with E-state index in [1.165, 1.54) is 18.4 Å². The average Bonchev–Trinajstić information content (AvgIpc) is 2.29. The van der Waals surface area contributed by atoms with E-state index >= 15 is 0 Å². The molecule has 0 aliphatic carbocycles. The zero-order chi connectivity index (χ0) is 11.8. The first-order valence-electron chi connectivity index (χ1n) is 5.16. The summed E-state index contributed by atoms with van der Waals surface area (Å²) < 4.78 is 0. The zero-order valence-corrected chi connectivity index (χ0v) is 10.1. The van der Waals surface area contributed by atoms with Gasteiger partial charge >= 0.3 is 5.97 Å². The summed E-state index contributed by atoms with van der Waals surface area (Å²) in [5.41, 5.74) is 0.894. The van der Waals surface area contributed by atoms with Crippen LogP contribution in [0.3, 0.4) is 0 Å². The molecule has 0 saturated heterocycles. The van der Waals surface area contributed by atoms with Crippen molar-refractivity contribution in [3.05, 3.63) is 24.0 Å². The second-order valence-electron chi connectivity index (χ2n) is 3.36. The molecule has 16 heavy (non-hydrogen) atoms. The van der Waals surface area contributed by atoms with Crippen molar-refractivity contribution >= 4 is 23.4 Å². The third-order valence-electron chi connectivity index (χ3n) is 2.08. The highest BCUT2D eigenvalue weighted by Crippen LogP contribution is 2.08. The average molecular weight is 240 g/mol. The molecule has 0 spiro atoms. The number of aromatic carboxylic acids is 1. The largest absolute Gasteiger partial charge is 0.477 e. The van der Waals surface area contributed by atoms with Crippen molar-refractivity contribution in [3.63, 3.8) is 0 Å². The predicted octanol–water partition coefficient (Wildman–Crippen LogP) is 2.33. The van der Waals surface area contributed by atoms with Crippen LogP contribution in [0, 0.1) is 0 Å². The first-order chi connectivity index (χ1) is 7.74. The van der Waals surface area contributed by atoms with E-state index in [-0.39, 0.29) is 5.69 Å². The number of rotatable bonds is 7. The molecule has 1 aromatic rings. The number of hydrogen-bond acceptors (Lipinski definition) is 4. The Balaban J connectivity index is 2.36. The number of hydrogen-bond donors (Lipinski definition) is 2. The van der Waals surface area contributed by atoms with Crippen molar-refractivity contribution < 1.29 is 9.90 Å². The van der Waals surface area contributed by atoms with Gasteiger partial charge in [-0.25, -0.2) is 9.78 Å². The Labute approximate surface area is 99.5 Å². The summed E-state index contributed by atoms with van der Waals surface area (Å²) in [4.78, 5) is 14.4. The molecule has 0 bridgehead atoms. The summed E-state index contributed by atoms with van der Waals surface area (Å²) in [7, 11) is 0. The molecule has 0 fully saturated rings. The van der Waals surface area contributed by atoms with Gasteiger partial charge in [-0.1, -0.05) is 0 Å². The lowest BCUT2D eigenvalue weighted by molar-refractivity contribution is 0.0690. The number of thioether (sulfide) groups is 1. The van der Waals surface area contributed by atoms with E-state index in [9.17, 15) is 4.79 Å². The Kier molecular flexibility index (Phi) is 5.71. The predicted molar refractivity (Wildman–Crippen MR) is 67.3 cm³/mol. The minimum Gasteiger partial charge on any atom is -0.477 e. The number of anilines is 1. The molecule has 0 aromatic carbocycles. The molecular weight excluding hydrogens is 224 g/mol. The molecule has 5 heteroatoms. The molecule has 1 heterocycles. The fourth-order valence-electron chi connectivity index (χ4n) is 1.26. The van der Waals surface area contributed by atoms with Gasteiger partial charge in [-0.2, -0.15) is 11.8 Å². The van der Waals surface area contributed by atoms with Gasteiger partial charge in [-0.3, -0.25) is 0 Å². The van der Waals surface area contributed by atoms with E-state index in [4.69, 9.17) is 5.11 Å². The second-order valence-corrected chi connectivity index (χ2v) is 4.35. The van der Waals surface area contributed by atoms with E-state index in [1.54, 1.807) is 12.1 Å². The number of pyridine rings is 1. The summed E-state index contributed by atoms with van der Waals surface area (Å²) in [6, 6.07) is 3.33. The van der Waals surface area contributed by atoms with E-state index in [2.05, 4.69) is 16.6 Å². The number of carboxylic acids is 1. The highest BCUT2D eigenvalue weighted by atomic mass is 32.2. The number of unbranched alkanes of at least 4 members (excludes halogenated alkanes) is 1. The third kappa shape index (κ3) is 4.53. The van der Waals surface area contributed by atoms with Crippen LogP contribution in [0.4, 0.5) is 5.69 Å². The molecule has 0 unspecified atom stereocenters. The Morgan fingerprint density at radius 1 is 1.56 bits per heavy atom.